The normalized spacial score (nSPS) is 21.1. The molecule has 3 aromatic rings. The fraction of sp³-hybridized carbons (Fsp3) is 0.333. The summed E-state index contributed by atoms with van der Waals surface area (Å²) in [4.78, 5) is 32.9. The molecular weight excluding hydrogens is 482 g/mol. The summed E-state index contributed by atoms with van der Waals surface area (Å²) in [5.74, 6) is 0.881. The van der Waals surface area contributed by atoms with Crippen LogP contribution in [0.3, 0.4) is 0 Å². The first-order valence-electron chi connectivity index (χ1n) is 13.0. The van der Waals surface area contributed by atoms with E-state index in [1.54, 1.807) is 29.2 Å². The Morgan fingerprint density at radius 3 is 2.42 bits per heavy atom. The number of aliphatic hydroxyl groups is 1. The number of nitrogens with zero attached hydrogens (tertiary/aromatic N) is 3. The molecule has 8 nitrogen and oxygen atoms in total. The van der Waals surface area contributed by atoms with E-state index in [4.69, 9.17) is 9.47 Å². The number of para-hydroxylation sites is 1. The Kier molecular flexibility index (Phi) is 6.39. The maximum atomic E-state index is 13.6. The number of rotatable bonds is 7. The number of piperazine rings is 1. The molecule has 3 aliphatic rings. The van der Waals surface area contributed by atoms with Gasteiger partial charge in [0.15, 0.2) is 22.9 Å². The van der Waals surface area contributed by atoms with Crippen molar-refractivity contribution < 1.29 is 24.2 Å². The molecule has 1 saturated heterocycles. The largest absolute Gasteiger partial charge is 0.454 e. The summed E-state index contributed by atoms with van der Waals surface area (Å²) in [6.45, 7) is 6.70. The molecule has 1 N–H and O–H groups in total. The molecule has 0 aromatic heterocycles. The smallest absolute Gasteiger partial charge is 0.265 e. The van der Waals surface area contributed by atoms with Crippen LogP contribution in [-0.2, 0) is 16.9 Å². The van der Waals surface area contributed by atoms with Crippen LogP contribution < -0.4 is 14.4 Å². The molecule has 3 aliphatic heterocycles. The van der Waals surface area contributed by atoms with Gasteiger partial charge in [-0.1, -0.05) is 54.1 Å². The number of carbonyl (C=O) groups is 2. The van der Waals surface area contributed by atoms with Crippen molar-refractivity contribution in [2.24, 2.45) is 0 Å². The van der Waals surface area contributed by atoms with Crippen LogP contribution in [-0.4, -0.2) is 66.2 Å². The van der Waals surface area contributed by atoms with E-state index in [0.29, 0.717) is 23.5 Å². The third kappa shape index (κ3) is 4.55. The Hall–Kier alpha value is -3.72. The number of fused-ring (bicyclic) bond motifs is 2. The second-order valence-corrected chi connectivity index (χ2v) is 10.3. The number of carbonyl (C=O) groups excluding carboxylic acids is 2. The van der Waals surface area contributed by atoms with E-state index in [1.165, 1.54) is 5.56 Å². The molecule has 1 atom stereocenters. The summed E-state index contributed by atoms with van der Waals surface area (Å²) in [7, 11) is 0. The highest BCUT2D eigenvalue weighted by atomic mass is 16.7. The van der Waals surface area contributed by atoms with Gasteiger partial charge >= 0.3 is 0 Å². The van der Waals surface area contributed by atoms with Crippen LogP contribution in [0.5, 0.6) is 11.5 Å². The molecule has 196 valence electrons. The van der Waals surface area contributed by atoms with Gasteiger partial charge < -0.3 is 14.6 Å². The van der Waals surface area contributed by atoms with Crippen LogP contribution in [0.1, 0.15) is 33.5 Å². The Morgan fingerprint density at radius 1 is 0.921 bits per heavy atom. The summed E-state index contributed by atoms with van der Waals surface area (Å²) in [6, 6.07) is 20.5. The number of aryl methyl sites for hydroxylation is 1. The molecule has 0 radical (unpaired) electrons. The van der Waals surface area contributed by atoms with Crippen molar-refractivity contribution in [1.82, 2.24) is 9.80 Å². The second kappa shape index (κ2) is 9.87. The predicted octanol–water partition coefficient (Wildman–Crippen LogP) is 3.31. The third-order valence-electron chi connectivity index (χ3n) is 7.68. The predicted molar refractivity (Wildman–Crippen MR) is 142 cm³/mol. The third-order valence-corrected chi connectivity index (χ3v) is 7.68. The lowest BCUT2D eigenvalue weighted by Gasteiger charge is -2.37. The zero-order valence-electron chi connectivity index (χ0n) is 21.4. The summed E-state index contributed by atoms with van der Waals surface area (Å²) < 4.78 is 10.9. The standard InChI is InChI=1S/C30H31N3O5/c1-21-6-9-23(10-7-21)26(34)17-30(36)24-4-2-3-5-25(24)33(29(30)35)19-32-14-12-31(13-15-32)18-22-8-11-27-28(16-22)38-20-37-27/h2-11,16,36H,12-15,17-20H2,1H3. The first-order chi connectivity index (χ1) is 18.4. The number of anilines is 1. The first kappa shape index (κ1) is 24.6. The topological polar surface area (TPSA) is 82.6 Å². The number of ether oxygens (including phenoxy) is 2. The van der Waals surface area contributed by atoms with E-state index >= 15 is 0 Å². The summed E-state index contributed by atoms with van der Waals surface area (Å²) >= 11 is 0. The van der Waals surface area contributed by atoms with Gasteiger partial charge in [-0.25, -0.2) is 0 Å². The van der Waals surface area contributed by atoms with E-state index in [-0.39, 0.29) is 19.0 Å². The van der Waals surface area contributed by atoms with Crippen LogP contribution in [0.4, 0.5) is 5.69 Å². The Balaban J connectivity index is 1.11. The lowest BCUT2D eigenvalue weighted by molar-refractivity contribution is -0.136. The average Bonchev–Trinajstić information content (AvgIpc) is 3.47. The molecule has 0 spiro atoms. The monoisotopic (exact) mass is 513 g/mol. The quantitative estimate of drug-likeness (QED) is 0.486. The SMILES string of the molecule is Cc1ccc(C(=O)CC2(O)C(=O)N(CN3CCN(Cc4ccc5c(c4)OCO5)CC3)c3ccccc32)cc1. The van der Waals surface area contributed by atoms with Gasteiger partial charge in [0.2, 0.25) is 6.79 Å². The molecule has 0 saturated carbocycles. The van der Waals surface area contributed by atoms with Crippen LogP contribution in [0, 0.1) is 6.92 Å². The van der Waals surface area contributed by atoms with Crippen molar-refractivity contribution >= 4 is 17.4 Å². The molecule has 1 amide bonds. The molecule has 1 fully saturated rings. The van der Waals surface area contributed by atoms with Crippen molar-refractivity contribution in [2.75, 3.05) is 44.5 Å². The van der Waals surface area contributed by atoms with E-state index < -0.39 is 11.5 Å². The summed E-state index contributed by atoms with van der Waals surface area (Å²) in [5, 5.41) is 11.6. The maximum Gasteiger partial charge on any atom is 0.265 e. The van der Waals surface area contributed by atoms with Gasteiger partial charge in [0.1, 0.15) is 0 Å². The molecule has 8 heteroatoms. The Morgan fingerprint density at radius 2 is 1.63 bits per heavy atom. The minimum Gasteiger partial charge on any atom is -0.454 e. The zero-order chi connectivity index (χ0) is 26.3. The summed E-state index contributed by atoms with van der Waals surface area (Å²) in [5.41, 5.74) is 2.00. The van der Waals surface area contributed by atoms with Crippen molar-refractivity contribution in [3.8, 4) is 11.5 Å². The van der Waals surface area contributed by atoms with Crippen molar-refractivity contribution in [3.05, 3.63) is 89.0 Å². The molecule has 38 heavy (non-hydrogen) atoms. The van der Waals surface area contributed by atoms with Gasteiger partial charge in [-0.15, -0.1) is 0 Å². The van der Waals surface area contributed by atoms with Gasteiger partial charge in [-0.05, 0) is 30.7 Å². The minimum atomic E-state index is -1.88. The highest BCUT2D eigenvalue weighted by Crippen LogP contribution is 2.43. The highest BCUT2D eigenvalue weighted by molar-refractivity contribution is 6.10. The molecule has 1 unspecified atom stereocenters. The number of benzene rings is 3. The van der Waals surface area contributed by atoms with Crippen molar-refractivity contribution in [2.45, 2.75) is 25.5 Å². The number of Topliss-reactive ketones (excluding diaryl/α,β-unsaturated/α-hetero) is 1. The zero-order valence-corrected chi connectivity index (χ0v) is 21.4. The lowest BCUT2D eigenvalue weighted by Crippen LogP contribution is -2.52. The number of amides is 1. The summed E-state index contributed by atoms with van der Waals surface area (Å²) in [6.07, 6.45) is -0.286. The van der Waals surface area contributed by atoms with Gasteiger partial charge in [-0.3, -0.25) is 24.3 Å². The fourth-order valence-electron chi connectivity index (χ4n) is 5.48. The lowest BCUT2D eigenvalue weighted by atomic mass is 9.88. The van der Waals surface area contributed by atoms with Crippen LogP contribution in [0.25, 0.3) is 0 Å². The van der Waals surface area contributed by atoms with E-state index in [2.05, 4.69) is 15.9 Å². The molecule has 6 rings (SSSR count). The van der Waals surface area contributed by atoms with Gasteiger partial charge in [0.25, 0.3) is 5.91 Å². The van der Waals surface area contributed by atoms with E-state index in [0.717, 1.165) is 49.8 Å². The van der Waals surface area contributed by atoms with Gasteiger partial charge in [-0.2, -0.15) is 0 Å². The molecule has 3 heterocycles. The van der Waals surface area contributed by atoms with Gasteiger partial charge in [0.05, 0.1) is 18.8 Å². The number of ketones is 1. The van der Waals surface area contributed by atoms with Crippen LogP contribution >= 0.6 is 0 Å². The first-order valence-corrected chi connectivity index (χ1v) is 13.0. The Labute approximate surface area is 222 Å². The molecule has 0 aliphatic carbocycles. The Bertz CT molecular complexity index is 1370. The fourth-order valence-corrected chi connectivity index (χ4v) is 5.48. The van der Waals surface area contributed by atoms with Crippen LogP contribution in [0.15, 0.2) is 66.7 Å². The molecular formula is C30H31N3O5. The molecule has 3 aromatic carbocycles. The maximum absolute atomic E-state index is 13.6. The van der Waals surface area contributed by atoms with E-state index in [9.17, 15) is 14.7 Å². The average molecular weight is 514 g/mol. The minimum absolute atomic E-state index is 0.255. The second-order valence-electron chi connectivity index (χ2n) is 10.3. The van der Waals surface area contributed by atoms with Gasteiger partial charge in [0, 0.05) is 43.9 Å². The molecule has 0 bridgehead atoms. The number of hydrogen-bond acceptors (Lipinski definition) is 7. The van der Waals surface area contributed by atoms with Crippen molar-refractivity contribution in [3.63, 3.8) is 0 Å². The van der Waals surface area contributed by atoms with Crippen LogP contribution in [0.2, 0.25) is 0 Å². The van der Waals surface area contributed by atoms with Crippen molar-refractivity contribution in [1.29, 1.82) is 0 Å². The van der Waals surface area contributed by atoms with E-state index in [1.807, 2.05) is 43.3 Å². The highest BCUT2D eigenvalue weighted by Gasteiger charge is 2.51. The number of hydrogen-bond donors (Lipinski definition) is 1.